The summed E-state index contributed by atoms with van der Waals surface area (Å²) < 4.78 is 1.92. The van der Waals surface area contributed by atoms with E-state index in [0.29, 0.717) is 6.04 Å². The zero-order valence-electron chi connectivity index (χ0n) is 14.5. The monoisotopic (exact) mass is 343 g/mol. The van der Waals surface area contributed by atoms with E-state index in [0.717, 1.165) is 30.1 Å². The minimum absolute atomic E-state index is 0.430. The van der Waals surface area contributed by atoms with Gasteiger partial charge in [-0.1, -0.05) is 42.5 Å². The first-order valence-corrected chi connectivity index (χ1v) is 9.18. The molecule has 4 aromatic rings. The van der Waals surface area contributed by atoms with Crippen LogP contribution in [0.25, 0.3) is 27.5 Å². The smallest absolute Gasteiger partial charge is 0.165 e. The summed E-state index contributed by atoms with van der Waals surface area (Å²) in [6.07, 6.45) is 6.17. The first kappa shape index (κ1) is 15.3. The van der Waals surface area contributed by atoms with Crippen molar-refractivity contribution in [2.45, 2.75) is 18.9 Å². The van der Waals surface area contributed by atoms with Crippen molar-refractivity contribution in [2.75, 3.05) is 18.4 Å². The van der Waals surface area contributed by atoms with Gasteiger partial charge in [0.25, 0.3) is 0 Å². The number of nitrogens with zero attached hydrogens (tertiary/aromatic N) is 3. The maximum absolute atomic E-state index is 4.64. The van der Waals surface area contributed by atoms with Crippen molar-refractivity contribution < 1.29 is 0 Å². The summed E-state index contributed by atoms with van der Waals surface area (Å²) in [5.41, 5.74) is 3.12. The molecule has 0 radical (unpaired) electrons. The zero-order chi connectivity index (χ0) is 17.3. The highest BCUT2D eigenvalue weighted by Crippen LogP contribution is 2.31. The molecule has 1 aliphatic heterocycles. The molecule has 0 amide bonds. The van der Waals surface area contributed by atoms with Gasteiger partial charge in [-0.2, -0.15) is 9.61 Å². The fourth-order valence-electron chi connectivity index (χ4n) is 3.84. The number of fused-ring (bicyclic) bond motifs is 2. The Kier molecular flexibility index (Phi) is 3.79. The molecule has 0 saturated carbocycles. The average molecular weight is 343 g/mol. The van der Waals surface area contributed by atoms with Crippen molar-refractivity contribution in [3.8, 4) is 11.1 Å². The van der Waals surface area contributed by atoms with Crippen LogP contribution in [0.5, 0.6) is 0 Å². The fraction of sp³-hybridized carbons (Fsp3) is 0.238. The molecule has 0 spiro atoms. The zero-order valence-corrected chi connectivity index (χ0v) is 14.5. The second-order valence-corrected chi connectivity index (χ2v) is 6.84. The van der Waals surface area contributed by atoms with Crippen molar-refractivity contribution in [2.24, 2.45) is 0 Å². The van der Waals surface area contributed by atoms with E-state index in [4.69, 9.17) is 0 Å². The number of aromatic nitrogens is 3. The third-order valence-corrected chi connectivity index (χ3v) is 5.13. The van der Waals surface area contributed by atoms with Crippen molar-refractivity contribution in [1.82, 2.24) is 19.9 Å². The summed E-state index contributed by atoms with van der Waals surface area (Å²) in [5, 5.41) is 14.2. The highest BCUT2D eigenvalue weighted by atomic mass is 15.3. The summed E-state index contributed by atoms with van der Waals surface area (Å²) in [7, 11) is 0. The summed E-state index contributed by atoms with van der Waals surface area (Å²) >= 11 is 0. The lowest BCUT2D eigenvalue weighted by molar-refractivity contribution is 0.478. The van der Waals surface area contributed by atoms with Gasteiger partial charge in [0.2, 0.25) is 0 Å². The average Bonchev–Trinajstić information content (AvgIpc) is 3.13. The lowest BCUT2D eigenvalue weighted by Crippen LogP contribution is -2.38. The minimum Gasteiger partial charge on any atom is -0.366 e. The van der Waals surface area contributed by atoms with E-state index in [9.17, 15) is 0 Å². The standard InChI is InChI=1S/C21H21N5/c1-2-8-17-15(5-1)6-3-9-18(17)19-14-24-26-20(10-12-23-21(19)26)25-16-7-4-11-22-13-16/h1-3,5-6,8-10,12,14,16,22,25H,4,7,11,13H2. The number of benzene rings is 2. The van der Waals surface area contributed by atoms with Crippen molar-refractivity contribution in [1.29, 1.82) is 0 Å². The van der Waals surface area contributed by atoms with Crippen molar-refractivity contribution in [3.63, 3.8) is 0 Å². The van der Waals surface area contributed by atoms with Crippen LogP contribution in [-0.2, 0) is 0 Å². The topological polar surface area (TPSA) is 54.2 Å². The van der Waals surface area contributed by atoms with E-state index in [-0.39, 0.29) is 0 Å². The summed E-state index contributed by atoms with van der Waals surface area (Å²) in [4.78, 5) is 4.62. The molecule has 5 rings (SSSR count). The largest absolute Gasteiger partial charge is 0.366 e. The van der Waals surface area contributed by atoms with Gasteiger partial charge in [0, 0.05) is 24.3 Å². The molecule has 1 aliphatic rings. The summed E-state index contributed by atoms with van der Waals surface area (Å²) in [6.45, 7) is 2.10. The molecule has 2 aromatic carbocycles. The van der Waals surface area contributed by atoms with E-state index in [1.54, 1.807) is 0 Å². The molecule has 0 aliphatic carbocycles. The third-order valence-electron chi connectivity index (χ3n) is 5.13. The first-order chi connectivity index (χ1) is 12.9. The molecular formula is C21H21N5. The first-order valence-electron chi connectivity index (χ1n) is 9.18. The van der Waals surface area contributed by atoms with Crippen LogP contribution >= 0.6 is 0 Å². The fourth-order valence-corrected chi connectivity index (χ4v) is 3.84. The SMILES string of the molecule is c1ccc2c(-c3cnn4c(NC5CCCNC5)ccnc34)cccc2c1. The van der Waals surface area contributed by atoms with Crippen LogP contribution in [-0.4, -0.2) is 33.7 Å². The molecule has 2 aromatic heterocycles. The molecule has 5 heteroatoms. The predicted octanol–water partition coefficient (Wildman–Crippen LogP) is 3.71. The molecule has 1 saturated heterocycles. The van der Waals surface area contributed by atoms with Crippen LogP contribution in [0.4, 0.5) is 5.82 Å². The van der Waals surface area contributed by atoms with Gasteiger partial charge in [0.1, 0.15) is 5.82 Å². The maximum Gasteiger partial charge on any atom is 0.165 e. The van der Waals surface area contributed by atoms with Gasteiger partial charge < -0.3 is 10.6 Å². The molecule has 0 bridgehead atoms. The summed E-state index contributed by atoms with van der Waals surface area (Å²) in [5.74, 6) is 0.996. The number of anilines is 1. The van der Waals surface area contributed by atoms with Crippen LogP contribution in [0.3, 0.4) is 0 Å². The molecule has 2 N–H and O–H groups in total. The van der Waals surface area contributed by atoms with Crippen molar-refractivity contribution in [3.05, 3.63) is 60.9 Å². The van der Waals surface area contributed by atoms with E-state index < -0.39 is 0 Å². The molecule has 1 unspecified atom stereocenters. The van der Waals surface area contributed by atoms with Gasteiger partial charge in [-0.25, -0.2) is 4.98 Å². The Morgan fingerprint density at radius 3 is 2.88 bits per heavy atom. The number of hydrogen-bond donors (Lipinski definition) is 2. The van der Waals surface area contributed by atoms with E-state index >= 15 is 0 Å². The number of piperidine rings is 1. The number of hydrogen-bond acceptors (Lipinski definition) is 4. The molecule has 130 valence electrons. The van der Waals surface area contributed by atoms with Gasteiger partial charge in [0.05, 0.1) is 6.20 Å². The molecule has 5 nitrogen and oxygen atoms in total. The molecule has 3 heterocycles. The summed E-state index contributed by atoms with van der Waals surface area (Å²) in [6, 6.07) is 17.3. The van der Waals surface area contributed by atoms with Gasteiger partial charge in [-0.3, -0.25) is 0 Å². The Balaban J connectivity index is 1.60. The molecule has 1 fully saturated rings. The van der Waals surface area contributed by atoms with Gasteiger partial charge in [-0.05, 0) is 41.8 Å². The Bertz CT molecular complexity index is 1060. The molecule has 26 heavy (non-hydrogen) atoms. The van der Waals surface area contributed by atoms with Crippen LogP contribution < -0.4 is 10.6 Å². The second-order valence-electron chi connectivity index (χ2n) is 6.84. The maximum atomic E-state index is 4.64. The second kappa shape index (κ2) is 6.42. The van der Waals surface area contributed by atoms with E-state index in [1.807, 2.05) is 23.0 Å². The third kappa shape index (κ3) is 2.61. The van der Waals surface area contributed by atoms with Crippen molar-refractivity contribution >= 4 is 22.2 Å². The lowest BCUT2D eigenvalue weighted by Gasteiger charge is -2.24. The van der Waals surface area contributed by atoms with Crippen LogP contribution in [0.15, 0.2) is 60.9 Å². The van der Waals surface area contributed by atoms with Crippen LogP contribution in [0.1, 0.15) is 12.8 Å². The Morgan fingerprint density at radius 1 is 1.04 bits per heavy atom. The highest BCUT2D eigenvalue weighted by molar-refractivity contribution is 5.99. The molecular weight excluding hydrogens is 322 g/mol. The normalized spacial score (nSPS) is 17.6. The lowest BCUT2D eigenvalue weighted by atomic mass is 10.0. The predicted molar refractivity (Wildman–Crippen MR) is 105 cm³/mol. The van der Waals surface area contributed by atoms with E-state index in [1.165, 1.54) is 29.2 Å². The van der Waals surface area contributed by atoms with E-state index in [2.05, 4.69) is 63.2 Å². The number of nitrogens with one attached hydrogen (secondary N) is 2. The van der Waals surface area contributed by atoms with Gasteiger partial charge in [0.15, 0.2) is 5.65 Å². The Morgan fingerprint density at radius 2 is 1.96 bits per heavy atom. The Labute approximate surface area is 152 Å². The Hall–Kier alpha value is -2.92. The highest BCUT2D eigenvalue weighted by Gasteiger charge is 2.16. The van der Waals surface area contributed by atoms with Crippen LogP contribution in [0.2, 0.25) is 0 Å². The quantitative estimate of drug-likeness (QED) is 0.595. The number of rotatable bonds is 3. The minimum atomic E-state index is 0.430. The van der Waals surface area contributed by atoms with Gasteiger partial charge >= 0.3 is 0 Å². The van der Waals surface area contributed by atoms with Crippen LogP contribution in [0, 0.1) is 0 Å². The molecule has 1 atom stereocenters. The van der Waals surface area contributed by atoms with Gasteiger partial charge in [-0.15, -0.1) is 0 Å².